The molecule has 4 heteroatoms. The summed E-state index contributed by atoms with van der Waals surface area (Å²) < 4.78 is 15.9. The van der Waals surface area contributed by atoms with E-state index in [0.717, 1.165) is 16.3 Å². The fourth-order valence-electron chi connectivity index (χ4n) is 2.44. The van der Waals surface area contributed by atoms with Crippen LogP contribution in [0.3, 0.4) is 0 Å². The Labute approximate surface area is 115 Å². The molecule has 0 fully saturated rings. The smallest absolute Gasteiger partial charge is 0.344 e. The lowest BCUT2D eigenvalue weighted by molar-refractivity contribution is 0.410. The van der Waals surface area contributed by atoms with Crippen molar-refractivity contribution >= 4 is 21.7 Å². The van der Waals surface area contributed by atoms with E-state index in [9.17, 15) is 4.79 Å². The van der Waals surface area contributed by atoms with Gasteiger partial charge in [0, 0.05) is 16.3 Å². The van der Waals surface area contributed by atoms with Gasteiger partial charge in [0.1, 0.15) is 17.1 Å². The molecule has 0 bridgehead atoms. The average Bonchev–Trinajstić information content (AvgIpc) is 2.48. The Hall–Kier alpha value is -2.49. The minimum Gasteiger partial charge on any atom is -0.497 e. The number of aryl methyl sites for hydroxylation is 1. The van der Waals surface area contributed by atoms with Gasteiger partial charge in [-0.2, -0.15) is 0 Å². The minimum atomic E-state index is -0.372. The van der Waals surface area contributed by atoms with Gasteiger partial charge < -0.3 is 13.9 Å². The lowest BCUT2D eigenvalue weighted by Crippen LogP contribution is -2.01. The van der Waals surface area contributed by atoms with Crippen LogP contribution in [0.15, 0.2) is 39.5 Å². The molecular formula is C16H14O4. The Morgan fingerprint density at radius 3 is 2.40 bits per heavy atom. The average molecular weight is 270 g/mol. The molecule has 0 radical (unpaired) electrons. The van der Waals surface area contributed by atoms with E-state index < -0.39 is 0 Å². The molecule has 3 rings (SSSR count). The van der Waals surface area contributed by atoms with Crippen LogP contribution in [0.4, 0.5) is 0 Å². The standard InChI is InChI=1S/C16H14O4/c1-9-14(19-3)7-6-12-11-5-4-10(18-2)8-13(11)16(17)20-15(9)12/h4-8H,1-3H3. The van der Waals surface area contributed by atoms with E-state index in [0.29, 0.717) is 22.5 Å². The van der Waals surface area contributed by atoms with E-state index in [-0.39, 0.29) is 5.63 Å². The third-order valence-corrected chi connectivity index (χ3v) is 3.51. The first-order valence-corrected chi connectivity index (χ1v) is 6.24. The van der Waals surface area contributed by atoms with Gasteiger partial charge in [-0.3, -0.25) is 0 Å². The van der Waals surface area contributed by atoms with E-state index in [1.54, 1.807) is 20.3 Å². The molecule has 0 aliphatic carbocycles. The molecular weight excluding hydrogens is 256 g/mol. The number of rotatable bonds is 2. The molecule has 4 nitrogen and oxygen atoms in total. The van der Waals surface area contributed by atoms with Crippen LogP contribution < -0.4 is 15.1 Å². The van der Waals surface area contributed by atoms with Gasteiger partial charge in [0.05, 0.1) is 19.6 Å². The summed E-state index contributed by atoms with van der Waals surface area (Å²) in [6.07, 6.45) is 0. The Kier molecular flexibility index (Phi) is 2.86. The van der Waals surface area contributed by atoms with E-state index in [2.05, 4.69) is 0 Å². The first kappa shape index (κ1) is 12.5. The predicted molar refractivity (Wildman–Crippen MR) is 77.8 cm³/mol. The number of methoxy groups -OCH3 is 2. The molecule has 0 atom stereocenters. The summed E-state index contributed by atoms with van der Waals surface area (Å²) >= 11 is 0. The molecule has 3 aromatic rings. The Morgan fingerprint density at radius 2 is 1.70 bits per heavy atom. The van der Waals surface area contributed by atoms with Crippen molar-refractivity contribution in [2.75, 3.05) is 14.2 Å². The Bertz CT molecular complexity index is 862. The fraction of sp³-hybridized carbons (Fsp3) is 0.188. The predicted octanol–water partition coefficient (Wildman–Crippen LogP) is 3.27. The van der Waals surface area contributed by atoms with Gasteiger partial charge in [0.2, 0.25) is 0 Å². The van der Waals surface area contributed by atoms with Crippen molar-refractivity contribution in [3.8, 4) is 11.5 Å². The minimum absolute atomic E-state index is 0.372. The van der Waals surface area contributed by atoms with Crippen molar-refractivity contribution in [3.63, 3.8) is 0 Å². The van der Waals surface area contributed by atoms with Crippen LogP contribution in [0.1, 0.15) is 5.56 Å². The van der Waals surface area contributed by atoms with Crippen LogP contribution in [0.25, 0.3) is 21.7 Å². The van der Waals surface area contributed by atoms with E-state index in [4.69, 9.17) is 13.9 Å². The molecule has 0 aliphatic rings. The summed E-state index contributed by atoms with van der Waals surface area (Å²) in [4.78, 5) is 12.1. The second-order valence-corrected chi connectivity index (χ2v) is 4.57. The number of ether oxygens (including phenoxy) is 2. The highest BCUT2D eigenvalue weighted by Gasteiger charge is 2.12. The van der Waals surface area contributed by atoms with Crippen molar-refractivity contribution in [2.24, 2.45) is 0 Å². The van der Waals surface area contributed by atoms with Gasteiger partial charge in [-0.25, -0.2) is 4.79 Å². The van der Waals surface area contributed by atoms with Crippen LogP contribution in [0.2, 0.25) is 0 Å². The fourth-order valence-corrected chi connectivity index (χ4v) is 2.44. The lowest BCUT2D eigenvalue weighted by atomic mass is 10.0. The van der Waals surface area contributed by atoms with Crippen molar-refractivity contribution in [2.45, 2.75) is 6.92 Å². The van der Waals surface area contributed by atoms with E-state index >= 15 is 0 Å². The highest BCUT2D eigenvalue weighted by molar-refractivity contribution is 6.05. The maximum absolute atomic E-state index is 12.1. The Morgan fingerprint density at radius 1 is 0.950 bits per heavy atom. The molecule has 1 heterocycles. The van der Waals surface area contributed by atoms with Crippen LogP contribution in [-0.4, -0.2) is 14.2 Å². The number of benzene rings is 2. The molecule has 1 aromatic heterocycles. The molecule has 20 heavy (non-hydrogen) atoms. The maximum Gasteiger partial charge on any atom is 0.344 e. The van der Waals surface area contributed by atoms with Gasteiger partial charge in [0.15, 0.2) is 0 Å². The number of hydrogen-bond acceptors (Lipinski definition) is 4. The zero-order valence-corrected chi connectivity index (χ0v) is 11.5. The molecule has 102 valence electrons. The second-order valence-electron chi connectivity index (χ2n) is 4.57. The quantitative estimate of drug-likeness (QED) is 0.529. The van der Waals surface area contributed by atoms with Crippen molar-refractivity contribution in [1.29, 1.82) is 0 Å². The summed E-state index contributed by atoms with van der Waals surface area (Å²) in [5, 5.41) is 2.25. The molecule has 2 aromatic carbocycles. The second kappa shape index (κ2) is 4.56. The van der Waals surface area contributed by atoms with Gasteiger partial charge in [-0.15, -0.1) is 0 Å². The van der Waals surface area contributed by atoms with Crippen molar-refractivity contribution in [3.05, 3.63) is 46.3 Å². The van der Waals surface area contributed by atoms with Crippen molar-refractivity contribution in [1.82, 2.24) is 0 Å². The number of fused-ring (bicyclic) bond motifs is 3. The topological polar surface area (TPSA) is 48.7 Å². The lowest BCUT2D eigenvalue weighted by Gasteiger charge is -2.09. The molecule has 0 aliphatic heterocycles. The molecule has 0 unspecified atom stereocenters. The van der Waals surface area contributed by atoms with Crippen LogP contribution in [-0.2, 0) is 0 Å². The molecule has 0 saturated carbocycles. The van der Waals surface area contributed by atoms with E-state index in [1.165, 1.54) is 0 Å². The largest absolute Gasteiger partial charge is 0.497 e. The maximum atomic E-state index is 12.1. The van der Waals surface area contributed by atoms with Gasteiger partial charge >= 0.3 is 5.63 Å². The normalized spacial score (nSPS) is 10.9. The van der Waals surface area contributed by atoms with Gasteiger partial charge in [0.25, 0.3) is 0 Å². The zero-order valence-electron chi connectivity index (χ0n) is 11.5. The monoisotopic (exact) mass is 270 g/mol. The van der Waals surface area contributed by atoms with Crippen LogP contribution >= 0.6 is 0 Å². The SMILES string of the molecule is COc1ccc2c(c1)c(=O)oc1c(C)c(OC)ccc12. The third-order valence-electron chi connectivity index (χ3n) is 3.51. The first-order chi connectivity index (χ1) is 9.65. The summed E-state index contributed by atoms with van der Waals surface area (Å²) in [6.45, 7) is 1.87. The zero-order chi connectivity index (χ0) is 14.3. The van der Waals surface area contributed by atoms with Crippen LogP contribution in [0.5, 0.6) is 11.5 Å². The first-order valence-electron chi connectivity index (χ1n) is 6.24. The summed E-state index contributed by atoms with van der Waals surface area (Å²) in [7, 11) is 3.16. The summed E-state index contributed by atoms with van der Waals surface area (Å²) in [5.74, 6) is 1.34. The Balaban J connectivity index is 2.48. The van der Waals surface area contributed by atoms with Gasteiger partial charge in [-0.1, -0.05) is 0 Å². The highest BCUT2D eigenvalue weighted by Crippen LogP contribution is 2.31. The highest BCUT2D eigenvalue weighted by atomic mass is 16.5. The molecule has 0 saturated heterocycles. The molecule has 0 amide bonds. The molecule has 0 spiro atoms. The number of hydrogen-bond donors (Lipinski definition) is 0. The summed E-state index contributed by atoms with van der Waals surface area (Å²) in [6, 6.07) is 9.18. The van der Waals surface area contributed by atoms with E-state index in [1.807, 2.05) is 31.2 Å². The van der Waals surface area contributed by atoms with Gasteiger partial charge in [-0.05, 0) is 37.3 Å². The summed E-state index contributed by atoms with van der Waals surface area (Å²) in [5.41, 5.74) is 1.01. The molecule has 0 N–H and O–H groups in total. The van der Waals surface area contributed by atoms with Crippen LogP contribution in [0, 0.1) is 6.92 Å². The third kappa shape index (κ3) is 1.72. The van der Waals surface area contributed by atoms with Crippen molar-refractivity contribution < 1.29 is 13.9 Å².